The Morgan fingerprint density at radius 1 is 1.26 bits per heavy atom. The van der Waals surface area contributed by atoms with Gasteiger partial charge in [-0.25, -0.2) is 4.79 Å². The predicted octanol–water partition coefficient (Wildman–Crippen LogP) is 0.202. The smallest absolute Gasteiger partial charge is 0.315 e. The molecule has 3 N–H and O–H groups in total. The third-order valence-corrected chi connectivity index (χ3v) is 3.08. The van der Waals surface area contributed by atoms with Crippen LogP contribution in [0.25, 0.3) is 0 Å². The summed E-state index contributed by atoms with van der Waals surface area (Å²) in [5.74, 6) is -1.11. The molecule has 0 aromatic carbocycles. The Hall–Kier alpha value is -1.34. The van der Waals surface area contributed by atoms with Crippen molar-refractivity contribution < 1.29 is 24.2 Å². The molecule has 2 atom stereocenters. The maximum absolute atomic E-state index is 11.5. The van der Waals surface area contributed by atoms with Gasteiger partial charge in [-0.3, -0.25) is 4.79 Å². The minimum atomic E-state index is -0.781. The van der Waals surface area contributed by atoms with Gasteiger partial charge in [-0.2, -0.15) is 0 Å². The first-order chi connectivity index (χ1) is 9.13. The van der Waals surface area contributed by atoms with Crippen molar-refractivity contribution in [2.45, 2.75) is 25.3 Å². The highest BCUT2D eigenvalue weighted by molar-refractivity contribution is 5.75. The average Bonchev–Trinajstić information content (AvgIpc) is 2.82. The van der Waals surface area contributed by atoms with Gasteiger partial charge in [0.1, 0.15) is 0 Å². The lowest BCUT2D eigenvalue weighted by atomic mass is 10.1. The molecule has 1 saturated carbocycles. The van der Waals surface area contributed by atoms with E-state index in [1.165, 1.54) is 0 Å². The number of nitrogens with one attached hydrogen (secondary N) is 2. The van der Waals surface area contributed by atoms with Gasteiger partial charge in [-0.1, -0.05) is 0 Å². The first-order valence-electron chi connectivity index (χ1n) is 6.47. The number of ether oxygens (including phenoxy) is 2. The van der Waals surface area contributed by atoms with Gasteiger partial charge in [0.2, 0.25) is 0 Å². The number of aliphatic carboxylic acids is 1. The van der Waals surface area contributed by atoms with Crippen LogP contribution in [-0.2, 0) is 14.3 Å². The van der Waals surface area contributed by atoms with Crippen LogP contribution in [0.2, 0.25) is 0 Å². The molecule has 1 rings (SSSR count). The predicted molar refractivity (Wildman–Crippen MR) is 68.0 cm³/mol. The Labute approximate surface area is 112 Å². The number of rotatable bonds is 8. The molecule has 0 aromatic rings. The molecule has 1 aliphatic carbocycles. The van der Waals surface area contributed by atoms with E-state index in [4.69, 9.17) is 14.6 Å². The molecule has 19 heavy (non-hydrogen) atoms. The second kappa shape index (κ2) is 8.71. The van der Waals surface area contributed by atoms with E-state index in [1.54, 1.807) is 7.11 Å². The molecular formula is C12H22N2O5. The summed E-state index contributed by atoms with van der Waals surface area (Å²) in [5.41, 5.74) is 0. The van der Waals surface area contributed by atoms with Crippen LogP contribution < -0.4 is 10.6 Å². The largest absolute Gasteiger partial charge is 0.481 e. The number of methoxy groups -OCH3 is 1. The van der Waals surface area contributed by atoms with Crippen LogP contribution >= 0.6 is 0 Å². The van der Waals surface area contributed by atoms with E-state index in [9.17, 15) is 9.59 Å². The molecule has 0 bridgehead atoms. The normalized spacial score (nSPS) is 22.2. The molecule has 0 heterocycles. The Morgan fingerprint density at radius 3 is 2.68 bits per heavy atom. The molecule has 0 saturated heterocycles. The van der Waals surface area contributed by atoms with Gasteiger partial charge in [0, 0.05) is 19.7 Å². The van der Waals surface area contributed by atoms with Crippen molar-refractivity contribution in [1.82, 2.24) is 10.6 Å². The van der Waals surface area contributed by atoms with Gasteiger partial charge in [0.05, 0.1) is 25.7 Å². The fourth-order valence-corrected chi connectivity index (χ4v) is 2.05. The highest BCUT2D eigenvalue weighted by Crippen LogP contribution is 2.25. The zero-order chi connectivity index (χ0) is 14.1. The Morgan fingerprint density at radius 2 is 2.05 bits per heavy atom. The third-order valence-electron chi connectivity index (χ3n) is 3.08. The molecule has 0 radical (unpaired) electrons. The summed E-state index contributed by atoms with van der Waals surface area (Å²) in [6.07, 6.45) is 1.85. The van der Waals surface area contributed by atoms with Crippen LogP contribution in [0.5, 0.6) is 0 Å². The molecule has 110 valence electrons. The lowest BCUT2D eigenvalue weighted by molar-refractivity contribution is -0.141. The molecule has 1 fully saturated rings. The number of hydrogen-bond acceptors (Lipinski definition) is 4. The number of hydrogen-bond donors (Lipinski definition) is 3. The first-order valence-corrected chi connectivity index (χ1v) is 6.47. The highest BCUT2D eigenvalue weighted by Gasteiger charge is 2.30. The van der Waals surface area contributed by atoms with Crippen molar-refractivity contribution in [3.8, 4) is 0 Å². The number of urea groups is 1. The van der Waals surface area contributed by atoms with E-state index in [2.05, 4.69) is 10.6 Å². The average molecular weight is 274 g/mol. The van der Waals surface area contributed by atoms with Gasteiger partial charge in [0.15, 0.2) is 0 Å². The first kappa shape index (κ1) is 15.7. The molecule has 0 aliphatic heterocycles. The number of carbonyl (C=O) groups is 2. The van der Waals surface area contributed by atoms with Crippen molar-refractivity contribution in [2.24, 2.45) is 5.92 Å². The van der Waals surface area contributed by atoms with Crippen molar-refractivity contribution in [3.05, 3.63) is 0 Å². The number of carbonyl (C=O) groups excluding carboxylic acids is 1. The highest BCUT2D eigenvalue weighted by atomic mass is 16.5. The Bertz CT molecular complexity index is 298. The van der Waals surface area contributed by atoms with Crippen molar-refractivity contribution in [1.29, 1.82) is 0 Å². The van der Waals surface area contributed by atoms with E-state index < -0.39 is 5.97 Å². The van der Waals surface area contributed by atoms with E-state index in [0.717, 1.165) is 0 Å². The zero-order valence-electron chi connectivity index (χ0n) is 11.2. The second-order valence-electron chi connectivity index (χ2n) is 4.55. The van der Waals surface area contributed by atoms with E-state index in [0.29, 0.717) is 45.6 Å². The van der Waals surface area contributed by atoms with E-state index in [1.807, 2.05) is 0 Å². The molecule has 2 amide bonds. The minimum absolute atomic E-state index is 0.0458. The third kappa shape index (κ3) is 6.40. The number of amides is 2. The summed E-state index contributed by atoms with van der Waals surface area (Å²) < 4.78 is 10.0. The fourth-order valence-electron chi connectivity index (χ4n) is 2.05. The minimum Gasteiger partial charge on any atom is -0.481 e. The number of carboxylic acids is 1. The van der Waals surface area contributed by atoms with Crippen molar-refractivity contribution in [2.75, 3.05) is 33.5 Å². The molecule has 0 unspecified atom stereocenters. The molecule has 7 heteroatoms. The van der Waals surface area contributed by atoms with Gasteiger partial charge >= 0.3 is 12.0 Å². The monoisotopic (exact) mass is 274 g/mol. The van der Waals surface area contributed by atoms with Crippen LogP contribution in [0, 0.1) is 5.92 Å². The lowest BCUT2D eigenvalue weighted by Gasteiger charge is -2.13. The Balaban J connectivity index is 2.04. The fraction of sp³-hybridized carbons (Fsp3) is 0.833. The summed E-state index contributed by atoms with van der Waals surface area (Å²) in [4.78, 5) is 22.3. The molecule has 0 aromatic heterocycles. The topological polar surface area (TPSA) is 96.9 Å². The SMILES string of the molecule is COCCOCCNC(=O)N[C@H]1CC[C@@H](C(=O)O)C1. The van der Waals surface area contributed by atoms with Crippen LogP contribution in [0.3, 0.4) is 0 Å². The molecule has 1 aliphatic rings. The number of carboxylic acid groups (broad SMARTS) is 1. The van der Waals surface area contributed by atoms with Gasteiger partial charge in [0.25, 0.3) is 0 Å². The summed E-state index contributed by atoms with van der Waals surface area (Å²) in [6.45, 7) is 1.89. The quantitative estimate of drug-likeness (QED) is 0.549. The van der Waals surface area contributed by atoms with Gasteiger partial charge in [-0.05, 0) is 19.3 Å². The van der Waals surface area contributed by atoms with Crippen LogP contribution in [0.15, 0.2) is 0 Å². The van der Waals surface area contributed by atoms with Gasteiger partial charge < -0.3 is 25.2 Å². The van der Waals surface area contributed by atoms with E-state index in [-0.39, 0.29) is 18.0 Å². The van der Waals surface area contributed by atoms with E-state index >= 15 is 0 Å². The summed E-state index contributed by atoms with van der Waals surface area (Å²) in [5, 5.41) is 14.3. The molecule has 0 spiro atoms. The molecular weight excluding hydrogens is 252 g/mol. The van der Waals surface area contributed by atoms with Crippen molar-refractivity contribution in [3.63, 3.8) is 0 Å². The summed E-state index contributed by atoms with van der Waals surface area (Å²) in [6, 6.07) is -0.318. The van der Waals surface area contributed by atoms with Crippen molar-refractivity contribution >= 4 is 12.0 Å². The summed E-state index contributed by atoms with van der Waals surface area (Å²) in [7, 11) is 1.60. The van der Waals surface area contributed by atoms with Crippen LogP contribution in [0.1, 0.15) is 19.3 Å². The lowest BCUT2D eigenvalue weighted by Crippen LogP contribution is -2.42. The summed E-state index contributed by atoms with van der Waals surface area (Å²) >= 11 is 0. The maximum Gasteiger partial charge on any atom is 0.315 e. The standard InChI is InChI=1S/C12H22N2O5/c1-18-6-7-19-5-4-13-12(17)14-10-3-2-9(8-10)11(15)16/h9-10H,2-8H2,1H3,(H,15,16)(H2,13,14,17)/t9-,10+/m1/s1. The zero-order valence-corrected chi connectivity index (χ0v) is 11.2. The second-order valence-corrected chi connectivity index (χ2v) is 4.55. The van der Waals surface area contributed by atoms with Crippen LogP contribution in [0.4, 0.5) is 4.79 Å². The van der Waals surface area contributed by atoms with Crippen LogP contribution in [-0.4, -0.2) is 56.6 Å². The van der Waals surface area contributed by atoms with Gasteiger partial charge in [-0.15, -0.1) is 0 Å². The molecule has 7 nitrogen and oxygen atoms in total. The maximum atomic E-state index is 11.5. The Kier molecular flexibility index (Phi) is 7.20.